The summed E-state index contributed by atoms with van der Waals surface area (Å²) >= 11 is 0. The van der Waals surface area contributed by atoms with Crippen LogP contribution in [0.3, 0.4) is 0 Å². The van der Waals surface area contributed by atoms with E-state index < -0.39 is 0 Å². The number of nitrogens with one attached hydrogen (secondary N) is 1. The van der Waals surface area contributed by atoms with Gasteiger partial charge >= 0.3 is 0 Å². The molecule has 0 amide bonds. The lowest BCUT2D eigenvalue weighted by atomic mass is 9.87. The van der Waals surface area contributed by atoms with Gasteiger partial charge in [0.05, 0.1) is 11.0 Å². The van der Waals surface area contributed by atoms with Crippen molar-refractivity contribution in [3.8, 4) is 0 Å². The smallest absolute Gasteiger partial charge is 0.270 e. The molecule has 0 saturated carbocycles. The van der Waals surface area contributed by atoms with Gasteiger partial charge in [0.1, 0.15) is 5.69 Å². The second-order valence-corrected chi connectivity index (χ2v) is 5.53. The molecule has 2 rings (SSSR count). The predicted molar refractivity (Wildman–Crippen MR) is 77.1 cm³/mol. The summed E-state index contributed by atoms with van der Waals surface area (Å²) < 4.78 is 0. The fourth-order valence-electron chi connectivity index (χ4n) is 1.85. The molecule has 5 heteroatoms. The zero-order chi connectivity index (χ0) is 14.0. The van der Waals surface area contributed by atoms with Crippen molar-refractivity contribution in [2.75, 3.05) is 0 Å². The van der Waals surface area contributed by atoms with Crippen LogP contribution >= 0.6 is 0 Å². The van der Waals surface area contributed by atoms with Crippen molar-refractivity contribution in [1.29, 1.82) is 0 Å². The van der Waals surface area contributed by atoms with Crippen molar-refractivity contribution < 1.29 is 0 Å². The quantitative estimate of drug-likeness (QED) is 0.489. The molecule has 0 spiro atoms. The summed E-state index contributed by atoms with van der Waals surface area (Å²) in [5, 5.41) is 3.80. The number of benzene rings is 1. The molecule has 1 aromatic heterocycles. The number of nitrogens with zero attached hydrogens (tertiary/aromatic N) is 2. The van der Waals surface area contributed by atoms with E-state index >= 15 is 0 Å². The van der Waals surface area contributed by atoms with Gasteiger partial charge in [0, 0.05) is 17.5 Å². The van der Waals surface area contributed by atoms with Gasteiger partial charge in [-0.05, 0) is 12.1 Å². The second kappa shape index (κ2) is 4.84. The molecule has 1 aromatic carbocycles. The summed E-state index contributed by atoms with van der Waals surface area (Å²) in [6.45, 7) is 6.02. The summed E-state index contributed by atoms with van der Waals surface area (Å²) in [6.07, 6.45) is 0.361. The van der Waals surface area contributed by atoms with Gasteiger partial charge in [-0.1, -0.05) is 32.9 Å². The Morgan fingerprint density at radius 3 is 2.68 bits per heavy atom. The third kappa shape index (κ3) is 2.81. The van der Waals surface area contributed by atoms with Gasteiger partial charge in [0.25, 0.3) is 5.56 Å². The number of H-pyrrole nitrogens is 1. The monoisotopic (exact) mass is 258 g/mol. The maximum absolute atomic E-state index is 12.0. The number of aromatic nitrogens is 2. The van der Waals surface area contributed by atoms with Crippen molar-refractivity contribution in [2.45, 2.75) is 27.2 Å². The lowest BCUT2D eigenvalue weighted by Gasteiger charge is -2.20. The molecule has 0 aliphatic carbocycles. The summed E-state index contributed by atoms with van der Waals surface area (Å²) in [4.78, 5) is 19.2. The molecule has 0 atom stereocenters. The van der Waals surface area contributed by atoms with E-state index in [-0.39, 0.29) is 11.0 Å². The minimum atomic E-state index is -0.191. The summed E-state index contributed by atoms with van der Waals surface area (Å²) in [7, 11) is 0. The van der Waals surface area contributed by atoms with Crippen molar-refractivity contribution in [3.05, 3.63) is 40.3 Å². The third-order valence-corrected chi connectivity index (χ3v) is 3.03. The largest absolute Gasteiger partial charge is 0.323 e. The number of para-hydroxylation sites is 2. The lowest BCUT2D eigenvalue weighted by Crippen LogP contribution is -2.28. The molecule has 100 valence electrons. The number of hydrazone groups is 1. The topological polar surface area (TPSA) is 84.1 Å². The zero-order valence-electron chi connectivity index (χ0n) is 11.4. The minimum Gasteiger partial charge on any atom is -0.323 e. The van der Waals surface area contributed by atoms with E-state index in [0.29, 0.717) is 12.1 Å². The number of hydrogen-bond acceptors (Lipinski definition) is 4. The maximum Gasteiger partial charge on any atom is 0.270 e. The number of rotatable bonds is 2. The van der Waals surface area contributed by atoms with Crippen LogP contribution in [-0.4, -0.2) is 15.7 Å². The van der Waals surface area contributed by atoms with Crippen LogP contribution in [0.2, 0.25) is 0 Å². The van der Waals surface area contributed by atoms with E-state index in [1.807, 2.05) is 45.0 Å². The Morgan fingerprint density at radius 2 is 2.05 bits per heavy atom. The molecule has 0 radical (unpaired) electrons. The molecule has 19 heavy (non-hydrogen) atoms. The molecule has 2 aromatic rings. The van der Waals surface area contributed by atoms with Crippen LogP contribution in [0.1, 0.15) is 26.5 Å². The van der Waals surface area contributed by atoms with Gasteiger partial charge in [-0.15, -0.1) is 0 Å². The molecule has 0 aliphatic heterocycles. The predicted octanol–water partition coefficient (Wildman–Crippen LogP) is 1.83. The van der Waals surface area contributed by atoms with Gasteiger partial charge in [-0.2, -0.15) is 5.10 Å². The van der Waals surface area contributed by atoms with E-state index in [1.54, 1.807) is 0 Å². The minimum absolute atomic E-state index is 0.186. The highest BCUT2D eigenvalue weighted by Gasteiger charge is 2.21. The number of aromatic amines is 1. The molecule has 0 fully saturated rings. The highest BCUT2D eigenvalue weighted by molar-refractivity contribution is 5.90. The first kappa shape index (κ1) is 13.3. The van der Waals surface area contributed by atoms with Gasteiger partial charge < -0.3 is 10.8 Å². The molecule has 5 nitrogen and oxygen atoms in total. The fourth-order valence-corrected chi connectivity index (χ4v) is 1.85. The van der Waals surface area contributed by atoms with E-state index in [4.69, 9.17) is 5.84 Å². The molecular formula is C14H18N4O. The fraction of sp³-hybridized carbons (Fsp3) is 0.357. The molecule has 3 N–H and O–H groups in total. The highest BCUT2D eigenvalue weighted by atomic mass is 16.1. The Hall–Kier alpha value is -2.17. The van der Waals surface area contributed by atoms with Gasteiger partial charge in [0.2, 0.25) is 0 Å². The number of fused-ring (bicyclic) bond motifs is 1. The van der Waals surface area contributed by atoms with Gasteiger partial charge in [0.15, 0.2) is 0 Å². The average molecular weight is 258 g/mol. The van der Waals surface area contributed by atoms with Crippen LogP contribution < -0.4 is 11.4 Å². The van der Waals surface area contributed by atoms with Crippen LogP contribution in [0.15, 0.2) is 34.2 Å². The summed E-state index contributed by atoms with van der Waals surface area (Å²) in [5.41, 5.74) is 2.32. The first-order valence-electron chi connectivity index (χ1n) is 6.17. The van der Waals surface area contributed by atoms with Crippen LogP contribution in [-0.2, 0) is 6.42 Å². The molecule has 0 saturated heterocycles. The van der Waals surface area contributed by atoms with Gasteiger partial charge in [-0.3, -0.25) is 4.79 Å². The van der Waals surface area contributed by atoms with Crippen LogP contribution in [0.4, 0.5) is 0 Å². The van der Waals surface area contributed by atoms with Crippen LogP contribution in [0.5, 0.6) is 0 Å². The molecule has 0 unspecified atom stereocenters. The molecule has 0 aliphatic rings. The summed E-state index contributed by atoms with van der Waals surface area (Å²) in [5.74, 6) is 5.42. The zero-order valence-corrected chi connectivity index (χ0v) is 11.4. The number of hydrogen-bond donors (Lipinski definition) is 2. The molecule has 0 bridgehead atoms. The van der Waals surface area contributed by atoms with Crippen LogP contribution in [0.25, 0.3) is 11.0 Å². The summed E-state index contributed by atoms with van der Waals surface area (Å²) in [6, 6.07) is 7.45. The molecular weight excluding hydrogens is 240 g/mol. The standard InChI is InChI=1S/C14H18N4O/c1-14(2,3)12(18-15)8-11-13(19)17-10-7-5-4-6-9(10)16-11/h4-7H,8,15H2,1-3H3,(H,17,19)/b18-12-. The normalized spacial score (nSPS) is 12.9. The van der Waals surface area contributed by atoms with E-state index in [2.05, 4.69) is 15.1 Å². The Balaban J connectivity index is 2.46. The van der Waals surface area contributed by atoms with Crippen molar-refractivity contribution >= 4 is 16.7 Å². The van der Waals surface area contributed by atoms with E-state index in [0.717, 1.165) is 16.7 Å². The first-order valence-corrected chi connectivity index (χ1v) is 6.17. The maximum atomic E-state index is 12.0. The SMILES string of the molecule is CC(C)(C)/C(Cc1nc2ccccc2[nH]c1=O)=N\N. The first-order chi connectivity index (χ1) is 8.91. The van der Waals surface area contributed by atoms with E-state index in [1.165, 1.54) is 0 Å². The molecule has 1 heterocycles. The Kier molecular flexibility index (Phi) is 3.38. The van der Waals surface area contributed by atoms with Crippen LogP contribution in [0, 0.1) is 5.41 Å². The Bertz CT molecular complexity index is 680. The van der Waals surface area contributed by atoms with Crippen molar-refractivity contribution in [2.24, 2.45) is 16.4 Å². The number of nitrogens with two attached hydrogens (primary N) is 1. The second-order valence-electron chi connectivity index (χ2n) is 5.53. The Morgan fingerprint density at radius 1 is 1.37 bits per heavy atom. The van der Waals surface area contributed by atoms with Crippen molar-refractivity contribution in [3.63, 3.8) is 0 Å². The highest BCUT2D eigenvalue weighted by Crippen LogP contribution is 2.18. The third-order valence-electron chi connectivity index (χ3n) is 3.03. The van der Waals surface area contributed by atoms with Gasteiger partial charge in [-0.25, -0.2) is 4.98 Å². The lowest BCUT2D eigenvalue weighted by molar-refractivity contribution is 0.577. The van der Waals surface area contributed by atoms with E-state index in [9.17, 15) is 4.79 Å². The van der Waals surface area contributed by atoms with Crippen molar-refractivity contribution in [1.82, 2.24) is 9.97 Å². The average Bonchev–Trinajstić information content (AvgIpc) is 2.34. The Labute approximate surface area is 111 Å².